The van der Waals surface area contributed by atoms with Crippen molar-refractivity contribution in [1.29, 1.82) is 0 Å². The Bertz CT molecular complexity index is 884. The minimum Gasteiger partial charge on any atom is -0.258 e. The van der Waals surface area contributed by atoms with Crippen molar-refractivity contribution >= 4 is 33.4 Å². The monoisotopic (exact) mass is 404 g/mol. The number of hydrogen-bond donors (Lipinski definition) is 1. The normalized spacial score (nSPS) is 12.1. The summed E-state index contributed by atoms with van der Waals surface area (Å²) in [6.45, 7) is 1.97. The van der Waals surface area contributed by atoms with Crippen molar-refractivity contribution in [3.8, 4) is 11.4 Å². The molecule has 2 aromatic carbocycles. The van der Waals surface area contributed by atoms with E-state index >= 15 is 0 Å². The van der Waals surface area contributed by atoms with Gasteiger partial charge in [0.2, 0.25) is 5.16 Å². The van der Waals surface area contributed by atoms with Crippen LogP contribution in [0.5, 0.6) is 0 Å². The van der Waals surface area contributed by atoms with Crippen molar-refractivity contribution in [2.24, 2.45) is 0 Å². The van der Waals surface area contributed by atoms with E-state index in [1.807, 2.05) is 37.3 Å². The molecule has 3 aromatic rings. The van der Waals surface area contributed by atoms with Crippen LogP contribution in [0.1, 0.15) is 17.7 Å². The van der Waals surface area contributed by atoms with Crippen LogP contribution in [0.25, 0.3) is 11.4 Å². The second-order valence-corrected chi connectivity index (χ2v) is 7.22. The number of non-ortho nitro benzene ring substituents is 1. The molecule has 1 aromatic heterocycles. The first-order valence-corrected chi connectivity index (χ1v) is 8.80. The maximum atomic E-state index is 10.9. The minimum atomic E-state index is -0.390. The number of H-pyrrole nitrogens is 1. The van der Waals surface area contributed by atoms with Gasteiger partial charge in [-0.2, -0.15) is 0 Å². The first-order chi connectivity index (χ1) is 11.5. The van der Waals surface area contributed by atoms with E-state index in [0.717, 1.165) is 15.6 Å². The smallest absolute Gasteiger partial charge is 0.258 e. The van der Waals surface area contributed by atoms with Crippen molar-refractivity contribution in [3.05, 3.63) is 68.7 Å². The number of rotatable bonds is 5. The summed E-state index contributed by atoms with van der Waals surface area (Å²) < 4.78 is 0.935. The molecule has 1 heterocycles. The zero-order chi connectivity index (χ0) is 17.1. The Morgan fingerprint density at radius 2 is 2.04 bits per heavy atom. The van der Waals surface area contributed by atoms with Gasteiger partial charge in [0.1, 0.15) is 0 Å². The lowest BCUT2D eigenvalue weighted by atomic mass is 10.1. The third-order valence-corrected chi connectivity index (χ3v) is 5.14. The zero-order valence-corrected chi connectivity index (χ0v) is 15.0. The fourth-order valence-electron chi connectivity index (χ4n) is 2.19. The van der Waals surface area contributed by atoms with Crippen molar-refractivity contribution in [2.45, 2.75) is 17.3 Å². The van der Waals surface area contributed by atoms with Crippen LogP contribution >= 0.6 is 27.7 Å². The number of nitrogens with zero attached hydrogens (tertiary/aromatic N) is 3. The molecule has 1 atom stereocenters. The van der Waals surface area contributed by atoms with Gasteiger partial charge in [-0.25, -0.2) is 4.98 Å². The summed E-state index contributed by atoms with van der Waals surface area (Å²) in [5.74, 6) is 0.677. The quantitative estimate of drug-likeness (QED) is 0.367. The molecule has 3 rings (SSSR count). The SMILES string of the molecule is CC(Sc1n[nH]c(-c2ccccc2Br)n1)c1cccc([N+](=O)[O-])c1. The Hall–Kier alpha value is -2.19. The number of nitro benzene ring substituents is 1. The fourth-order valence-corrected chi connectivity index (χ4v) is 3.50. The van der Waals surface area contributed by atoms with Gasteiger partial charge in [-0.15, -0.1) is 5.10 Å². The second kappa shape index (κ2) is 7.14. The molecule has 0 aliphatic carbocycles. The lowest BCUT2D eigenvalue weighted by Gasteiger charge is -2.08. The van der Waals surface area contributed by atoms with Crippen molar-refractivity contribution < 1.29 is 4.92 Å². The highest BCUT2D eigenvalue weighted by Gasteiger charge is 2.15. The van der Waals surface area contributed by atoms with Gasteiger partial charge >= 0.3 is 0 Å². The highest BCUT2D eigenvalue weighted by Crippen LogP contribution is 2.35. The highest BCUT2D eigenvalue weighted by molar-refractivity contribution is 9.10. The van der Waals surface area contributed by atoms with Crippen LogP contribution in [-0.4, -0.2) is 20.1 Å². The number of nitrogens with one attached hydrogen (secondary N) is 1. The van der Waals surface area contributed by atoms with Crippen LogP contribution in [0.15, 0.2) is 58.2 Å². The number of hydrogen-bond acceptors (Lipinski definition) is 5. The molecule has 8 heteroatoms. The molecule has 6 nitrogen and oxygen atoms in total. The van der Waals surface area contributed by atoms with E-state index in [1.54, 1.807) is 12.1 Å². The predicted molar refractivity (Wildman–Crippen MR) is 96.9 cm³/mol. The summed E-state index contributed by atoms with van der Waals surface area (Å²) in [6, 6.07) is 14.4. The van der Waals surface area contributed by atoms with Gasteiger partial charge in [-0.1, -0.05) is 58.0 Å². The van der Waals surface area contributed by atoms with E-state index in [0.29, 0.717) is 11.0 Å². The topological polar surface area (TPSA) is 84.7 Å². The molecule has 0 saturated heterocycles. The Kier molecular flexibility index (Phi) is 4.96. The van der Waals surface area contributed by atoms with Crippen molar-refractivity contribution in [3.63, 3.8) is 0 Å². The fraction of sp³-hybridized carbons (Fsp3) is 0.125. The van der Waals surface area contributed by atoms with Gasteiger partial charge in [0.05, 0.1) is 4.92 Å². The largest absolute Gasteiger partial charge is 0.269 e. The van der Waals surface area contributed by atoms with Gasteiger partial charge in [0.25, 0.3) is 5.69 Å². The number of aromatic amines is 1. The van der Waals surface area contributed by atoms with E-state index < -0.39 is 4.92 Å². The Labute approximate surface area is 151 Å². The summed E-state index contributed by atoms with van der Waals surface area (Å²) in [5.41, 5.74) is 1.88. The van der Waals surface area contributed by atoms with Crippen LogP contribution < -0.4 is 0 Å². The van der Waals surface area contributed by atoms with Gasteiger partial charge in [-0.05, 0) is 18.6 Å². The number of halogens is 1. The summed E-state index contributed by atoms with van der Waals surface area (Å²) in [5, 5.41) is 18.6. The Morgan fingerprint density at radius 3 is 2.79 bits per heavy atom. The third-order valence-electron chi connectivity index (χ3n) is 3.43. The van der Waals surface area contributed by atoms with Crippen molar-refractivity contribution in [1.82, 2.24) is 15.2 Å². The molecule has 24 heavy (non-hydrogen) atoms. The molecule has 1 unspecified atom stereocenters. The predicted octanol–water partition coefficient (Wildman–Crippen LogP) is 5.00. The van der Waals surface area contributed by atoms with Crippen LogP contribution in [0, 0.1) is 10.1 Å². The molecule has 0 bridgehead atoms. The maximum absolute atomic E-state index is 10.9. The average molecular weight is 405 g/mol. The number of aromatic nitrogens is 3. The Morgan fingerprint density at radius 1 is 1.25 bits per heavy atom. The van der Waals surface area contributed by atoms with E-state index in [9.17, 15) is 10.1 Å². The molecular formula is C16H13BrN4O2S. The number of thioether (sulfide) groups is 1. The average Bonchev–Trinajstić information content (AvgIpc) is 3.03. The molecule has 0 aliphatic heterocycles. The third kappa shape index (κ3) is 3.65. The van der Waals surface area contributed by atoms with E-state index in [4.69, 9.17) is 0 Å². The molecule has 0 amide bonds. The van der Waals surface area contributed by atoms with Gasteiger partial charge in [0, 0.05) is 27.4 Å². The van der Waals surface area contributed by atoms with Crippen LogP contribution in [0.4, 0.5) is 5.69 Å². The Balaban J connectivity index is 1.78. The lowest BCUT2D eigenvalue weighted by Crippen LogP contribution is -1.93. The standard InChI is InChI=1S/C16H13BrN4O2S/c1-10(11-5-4-6-12(9-11)21(22)23)24-16-18-15(19-20-16)13-7-2-3-8-14(13)17/h2-10H,1H3,(H,18,19,20). The van der Waals surface area contributed by atoms with Gasteiger partial charge < -0.3 is 0 Å². The van der Waals surface area contributed by atoms with Crippen molar-refractivity contribution in [2.75, 3.05) is 0 Å². The van der Waals surface area contributed by atoms with E-state index in [1.165, 1.54) is 17.8 Å². The highest BCUT2D eigenvalue weighted by atomic mass is 79.9. The van der Waals surface area contributed by atoms with Crippen LogP contribution in [0.3, 0.4) is 0 Å². The molecule has 1 N–H and O–H groups in total. The first-order valence-electron chi connectivity index (χ1n) is 7.13. The summed E-state index contributed by atoms with van der Waals surface area (Å²) in [7, 11) is 0. The molecule has 122 valence electrons. The molecule has 0 spiro atoms. The summed E-state index contributed by atoms with van der Waals surface area (Å²) in [6.07, 6.45) is 0. The number of nitro groups is 1. The first kappa shape index (κ1) is 16.7. The molecular weight excluding hydrogens is 392 g/mol. The van der Waals surface area contributed by atoms with E-state index in [-0.39, 0.29) is 10.9 Å². The van der Waals surface area contributed by atoms with Crippen LogP contribution in [-0.2, 0) is 0 Å². The van der Waals surface area contributed by atoms with Gasteiger partial charge in [-0.3, -0.25) is 15.2 Å². The maximum Gasteiger partial charge on any atom is 0.269 e. The molecule has 0 fully saturated rings. The summed E-state index contributed by atoms with van der Waals surface area (Å²) >= 11 is 4.94. The lowest BCUT2D eigenvalue weighted by molar-refractivity contribution is -0.384. The van der Waals surface area contributed by atoms with Gasteiger partial charge in [0.15, 0.2) is 5.82 Å². The van der Waals surface area contributed by atoms with Crippen LogP contribution in [0.2, 0.25) is 0 Å². The molecule has 0 aliphatic rings. The van der Waals surface area contributed by atoms with E-state index in [2.05, 4.69) is 31.1 Å². The summed E-state index contributed by atoms with van der Waals surface area (Å²) in [4.78, 5) is 15.0. The minimum absolute atomic E-state index is 0.00670. The molecule has 0 radical (unpaired) electrons. The zero-order valence-electron chi connectivity index (χ0n) is 12.6. The number of benzene rings is 2. The second-order valence-electron chi connectivity index (χ2n) is 5.06. The molecule has 0 saturated carbocycles.